The number of rotatable bonds is 7. The molecule has 2 rings (SSSR count). The van der Waals surface area contributed by atoms with Crippen LogP contribution in [0.3, 0.4) is 0 Å². The monoisotopic (exact) mass is 306 g/mol. The number of nitrogens with two attached hydrogens (primary N) is 1. The first-order valence-corrected chi connectivity index (χ1v) is 8.16. The van der Waals surface area contributed by atoms with Crippen LogP contribution in [0.4, 0.5) is 5.82 Å². The molecule has 0 atom stereocenters. The number of anilines is 1. The van der Waals surface area contributed by atoms with Crippen molar-refractivity contribution in [2.24, 2.45) is 5.73 Å². The molecule has 0 fully saturated rings. The highest BCUT2D eigenvalue weighted by Crippen LogP contribution is 2.27. The average Bonchev–Trinajstić information content (AvgIpc) is 2.89. The highest BCUT2D eigenvalue weighted by Gasteiger charge is 2.20. The van der Waals surface area contributed by atoms with Crippen LogP contribution in [0.2, 0.25) is 0 Å². The maximum Gasteiger partial charge on any atom is 0.139 e. The van der Waals surface area contributed by atoms with E-state index < -0.39 is 0 Å². The quantitative estimate of drug-likeness (QED) is 0.781. The van der Waals surface area contributed by atoms with Crippen LogP contribution in [0, 0.1) is 0 Å². The van der Waals surface area contributed by atoms with Crippen LogP contribution >= 0.6 is 12.2 Å². The zero-order chi connectivity index (χ0) is 15.4. The summed E-state index contributed by atoms with van der Waals surface area (Å²) >= 11 is 5.24. The van der Waals surface area contributed by atoms with Gasteiger partial charge >= 0.3 is 0 Å². The van der Waals surface area contributed by atoms with Crippen LogP contribution in [0.15, 0.2) is 6.07 Å². The van der Waals surface area contributed by atoms with E-state index in [-0.39, 0.29) is 0 Å². The van der Waals surface area contributed by atoms with Crippen molar-refractivity contribution in [1.29, 1.82) is 0 Å². The summed E-state index contributed by atoms with van der Waals surface area (Å²) in [6.07, 6.45) is 4.48. The van der Waals surface area contributed by atoms with Gasteiger partial charge in [0.15, 0.2) is 0 Å². The van der Waals surface area contributed by atoms with Gasteiger partial charge in [-0.15, -0.1) is 0 Å². The molecule has 0 radical (unpaired) electrons. The van der Waals surface area contributed by atoms with Crippen molar-refractivity contribution in [2.75, 3.05) is 38.6 Å². The Hall–Kier alpha value is -1.20. The Bertz CT molecular complexity index is 513. The highest BCUT2D eigenvalue weighted by atomic mass is 32.1. The van der Waals surface area contributed by atoms with E-state index in [1.54, 1.807) is 0 Å². The van der Waals surface area contributed by atoms with E-state index >= 15 is 0 Å². The van der Waals surface area contributed by atoms with E-state index in [9.17, 15) is 0 Å². The lowest BCUT2D eigenvalue weighted by atomic mass is 10.1. The van der Waals surface area contributed by atoms with Gasteiger partial charge in [-0.1, -0.05) is 12.2 Å². The molecule has 0 saturated heterocycles. The lowest BCUT2D eigenvalue weighted by Gasteiger charge is -2.25. The second-order valence-electron chi connectivity index (χ2n) is 5.92. The number of nitrogens with zero attached hydrogens (tertiary/aromatic N) is 3. The van der Waals surface area contributed by atoms with Gasteiger partial charge in [-0.25, -0.2) is 4.98 Å². The van der Waals surface area contributed by atoms with Gasteiger partial charge in [0.1, 0.15) is 10.8 Å². The first kappa shape index (κ1) is 16.2. The minimum absolute atomic E-state index is 0.457. The van der Waals surface area contributed by atoms with E-state index in [0.717, 1.165) is 50.3 Å². The second-order valence-corrected chi connectivity index (χ2v) is 6.36. The molecule has 2 N–H and O–H groups in total. The first-order valence-electron chi connectivity index (χ1n) is 7.75. The Morgan fingerprint density at radius 1 is 1.33 bits per heavy atom. The van der Waals surface area contributed by atoms with Crippen LogP contribution in [0.1, 0.15) is 36.6 Å². The molecular formula is C16H26N4S. The summed E-state index contributed by atoms with van der Waals surface area (Å²) in [5.74, 6) is 0.976. The van der Waals surface area contributed by atoms with Crippen molar-refractivity contribution in [3.63, 3.8) is 0 Å². The van der Waals surface area contributed by atoms with E-state index in [4.69, 9.17) is 22.9 Å². The van der Waals surface area contributed by atoms with Crippen LogP contribution in [-0.2, 0) is 12.8 Å². The standard InChI is InChI=1S/C16H26N4S/c1-4-20(10-6-9-19(2)3)16-13(15(17)21)11-12-7-5-8-14(12)18-16/h11H,4-10H2,1-3H3,(H2,17,21). The summed E-state index contributed by atoms with van der Waals surface area (Å²) in [6.45, 7) is 5.14. The molecule has 1 heterocycles. The molecule has 5 heteroatoms. The van der Waals surface area contributed by atoms with Crippen molar-refractivity contribution in [1.82, 2.24) is 9.88 Å². The molecule has 116 valence electrons. The van der Waals surface area contributed by atoms with Crippen molar-refractivity contribution in [3.8, 4) is 0 Å². The predicted molar refractivity (Wildman–Crippen MR) is 93.2 cm³/mol. The smallest absolute Gasteiger partial charge is 0.139 e. The summed E-state index contributed by atoms with van der Waals surface area (Å²) in [5.41, 5.74) is 9.43. The molecule has 0 amide bonds. The molecule has 4 nitrogen and oxygen atoms in total. The lowest BCUT2D eigenvalue weighted by molar-refractivity contribution is 0.400. The van der Waals surface area contributed by atoms with Crippen molar-refractivity contribution in [3.05, 3.63) is 22.9 Å². The third-order valence-corrected chi connectivity index (χ3v) is 4.23. The first-order chi connectivity index (χ1) is 10.0. The van der Waals surface area contributed by atoms with Crippen molar-refractivity contribution in [2.45, 2.75) is 32.6 Å². The Kier molecular flexibility index (Phi) is 5.53. The zero-order valence-corrected chi connectivity index (χ0v) is 14.2. The Morgan fingerprint density at radius 3 is 2.71 bits per heavy atom. The fourth-order valence-corrected chi connectivity index (χ4v) is 3.03. The summed E-state index contributed by atoms with van der Waals surface area (Å²) in [7, 11) is 4.20. The molecule has 0 bridgehead atoms. The normalized spacial score (nSPS) is 13.5. The maximum atomic E-state index is 5.93. The van der Waals surface area contributed by atoms with Gasteiger partial charge in [-0.05, 0) is 64.9 Å². The number of hydrogen-bond donors (Lipinski definition) is 1. The minimum atomic E-state index is 0.457. The molecule has 0 spiro atoms. The number of aromatic nitrogens is 1. The van der Waals surface area contributed by atoms with Crippen molar-refractivity contribution >= 4 is 23.0 Å². The van der Waals surface area contributed by atoms with E-state index in [0.29, 0.717) is 4.99 Å². The Balaban J connectivity index is 2.24. The molecule has 1 aliphatic rings. The van der Waals surface area contributed by atoms with Gasteiger partial charge in [0.05, 0.1) is 5.56 Å². The Morgan fingerprint density at radius 2 is 2.10 bits per heavy atom. The van der Waals surface area contributed by atoms with E-state index in [1.165, 1.54) is 17.7 Å². The third kappa shape index (κ3) is 3.92. The van der Waals surface area contributed by atoms with Gasteiger partial charge in [0.25, 0.3) is 0 Å². The number of thiocarbonyl (C=S) groups is 1. The summed E-state index contributed by atoms with van der Waals surface area (Å²) < 4.78 is 0. The number of aryl methyl sites for hydroxylation is 2. The van der Waals surface area contributed by atoms with Crippen molar-refractivity contribution < 1.29 is 0 Å². The Labute approximate surface area is 133 Å². The number of fused-ring (bicyclic) bond motifs is 1. The molecule has 1 aromatic heterocycles. The van der Waals surface area contributed by atoms with Crippen LogP contribution < -0.4 is 10.6 Å². The van der Waals surface area contributed by atoms with Gasteiger partial charge < -0.3 is 15.5 Å². The molecule has 21 heavy (non-hydrogen) atoms. The molecule has 1 aliphatic carbocycles. The zero-order valence-electron chi connectivity index (χ0n) is 13.4. The highest BCUT2D eigenvalue weighted by molar-refractivity contribution is 7.80. The molecule has 1 aromatic rings. The van der Waals surface area contributed by atoms with Gasteiger partial charge in [-0.2, -0.15) is 0 Å². The molecule has 0 saturated carbocycles. The van der Waals surface area contributed by atoms with Gasteiger partial charge in [0.2, 0.25) is 0 Å². The third-order valence-electron chi connectivity index (χ3n) is 4.01. The van der Waals surface area contributed by atoms with Crippen LogP contribution in [0.5, 0.6) is 0 Å². The molecule has 0 aliphatic heterocycles. The van der Waals surface area contributed by atoms with Crippen LogP contribution in [-0.4, -0.2) is 48.6 Å². The average molecular weight is 306 g/mol. The molecule has 0 unspecified atom stereocenters. The molecular weight excluding hydrogens is 280 g/mol. The topological polar surface area (TPSA) is 45.4 Å². The number of pyridine rings is 1. The number of hydrogen-bond acceptors (Lipinski definition) is 4. The SMILES string of the molecule is CCN(CCCN(C)C)c1nc2c(cc1C(N)=S)CCC2. The summed E-state index contributed by atoms with van der Waals surface area (Å²) in [5, 5.41) is 0. The van der Waals surface area contributed by atoms with Crippen LogP contribution in [0.25, 0.3) is 0 Å². The molecule has 0 aromatic carbocycles. The van der Waals surface area contributed by atoms with E-state index in [1.807, 2.05) is 0 Å². The van der Waals surface area contributed by atoms with Gasteiger partial charge in [-0.3, -0.25) is 0 Å². The summed E-state index contributed by atoms with van der Waals surface area (Å²) in [6, 6.07) is 2.17. The second kappa shape index (κ2) is 7.18. The largest absolute Gasteiger partial charge is 0.389 e. The maximum absolute atomic E-state index is 5.93. The minimum Gasteiger partial charge on any atom is -0.389 e. The lowest BCUT2D eigenvalue weighted by Crippen LogP contribution is -2.30. The fourth-order valence-electron chi connectivity index (χ4n) is 2.88. The van der Waals surface area contributed by atoms with E-state index in [2.05, 4.69) is 36.9 Å². The predicted octanol–water partition coefficient (Wildman–Crippen LogP) is 1.98. The fraction of sp³-hybridized carbons (Fsp3) is 0.625. The summed E-state index contributed by atoms with van der Waals surface area (Å²) in [4.78, 5) is 9.85. The van der Waals surface area contributed by atoms with Gasteiger partial charge in [0, 0.05) is 18.8 Å².